The number of nitrogens with one attached hydrogen (secondary N) is 1. The Kier molecular flexibility index (Phi) is 3.92. The minimum absolute atomic E-state index is 0.00187. The Morgan fingerprint density at radius 1 is 1.11 bits per heavy atom. The predicted octanol–water partition coefficient (Wildman–Crippen LogP) is 2.25. The van der Waals surface area contributed by atoms with Gasteiger partial charge in [-0.25, -0.2) is 0 Å². The molecule has 1 aromatic carbocycles. The summed E-state index contributed by atoms with van der Waals surface area (Å²) in [7, 11) is 0. The van der Waals surface area contributed by atoms with E-state index in [9.17, 15) is 5.11 Å². The van der Waals surface area contributed by atoms with E-state index in [2.05, 4.69) is 5.32 Å². The molecule has 0 saturated carbocycles. The number of aromatic hydroxyl groups is 1. The van der Waals surface area contributed by atoms with E-state index in [1.54, 1.807) is 37.3 Å². The number of nitriles is 3. The highest BCUT2D eigenvalue weighted by Gasteiger charge is 2.11. The summed E-state index contributed by atoms with van der Waals surface area (Å²) >= 11 is 0. The van der Waals surface area contributed by atoms with Crippen LogP contribution in [-0.4, -0.2) is 5.11 Å². The van der Waals surface area contributed by atoms with Crippen molar-refractivity contribution >= 4 is 5.69 Å². The molecular weight excluding hydrogens is 228 g/mol. The Labute approximate surface area is 105 Å². The number of phenols is 1. The third-order valence-electron chi connectivity index (χ3n) is 2.55. The van der Waals surface area contributed by atoms with Crippen molar-refractivity contribution in [3.05, 3.63) is 34.5 Å². The standard InChI is InChI=1S/C13H10N4O/c1-8-3-4-11(13(18)9(8)2)17-12(7-16)10(5-14)6-15/h3-4,17-18H,1-2H3. The van der Waals surface area contributed by atoms with Gasteiger partial charge in [0.15, 0.2) is 5.57 Å². The zero-order valence-electron chi connectivity index (χ0n) is 9.94. The van der Waals surface area contributed by atoms with E-state index in [1.807, 2.05) is 6.92 Å². The maximum absolute atomic E-state index is 9.89. The molecule has 0 aliphatic heterocycles. The number of anilines is 1. The third kappa shape index (κ3) is 2.40. The average Bonchev–Trinajstić information content (AvgIpc) is 2.38. The molecule has 18 heavy (non-hydrogen) atoms. The summed E-state index contributed by atoms with van der Waals surface area (Å²) in [4.78, 5) is 0. The number of nitrogens with zero attached hydrogens (tertiary/aromatic N) is 3. The quantitative estimate of drug-likeness (QED) is 0.607. The highest BCUT2D eigenvalue weighted by molar-refractivity contribution is 5.67. The monoisotopic (exact) mass is 238 g/mol. The number of aryl methyl sites for hydroxylation is 1. The third-order valence-corrected chi connectivity index (χ3v) is 2.55. The zero-order chi connectivity index (χ0) is 13.7. The summed E-state index contributed by atoms with van der Waals surface area (Å²) in [6, 6.07) is 8.32. The van der Waals surface area contributed by atoms with Crippen molar-refractivity contribution in [2.45, 2.75) is 13.8 Å². The largest absolute Gasteiger partial charge is 0.505 e. The van der Waals surface area contributed by atoms with Gasteiger partial charge in [-0.15, -0.1) is 0 Å². The molecule has 0 atom stereocenters. The highest BCUT2D eigenvalue weighted by Crippen LogP contribution is 2.30. The first kappa shape index (κ1) is 13.1. The van der Waals surface area contributed by atoms with Gasteiger partial charge in [0.25, 0.3) is 0 Å². The Balaban J connectivity index is 3.26. The molecule has 0 spiro atoms. The maximum atomic E-state index is 9.89. The second-order valence-corrected chi connectivity index (χ2v) is 3.61. The maximum Gasteiger partial charge on any atom is 0.163 e. The van der Waals surface area contributed by atoms with E-state index < -0.39 is 0 Å². The zero-order valence-corrected chi connectivity index (χ0v) is 9.94. The topological polar surface area (TPSA) is 104 Å². The molecule has 1 rings (SSSR count). The molecule has 5 nitrogen and oxygen atoms in total. The van der Waals surface area contributed by atoms with E-state index in [0.717, 1.165) is 5.56 Å². The highest BCUT2D eigenvalue weighted by atomic mass is 16.3. The van der Waals surface area contributed by atoms with Gasteiger partial charge in [0.1, 0.15) is 29.7 Å². The van der Waals surface area contributed by atoms with E-state index in [1.165, 1.54) is 0 Å². The summed E-state index contributed by atoms with van der Waals surface area (Å²) in [5.74, 6) is -0.00187. The fourth-order valence-electron chi connectivity index (χ4n) is 1.32. The molecule has 0 bridgehead atoms. The van der Waals surface area contributed by atoms with E-state index >= 15 is 0 Å². The summed E-state index contributed by atoms with van der Waals surface area (Å²) in [5, 5.41) is 38.7. The second kappa shape index (κ2) is 5.39. The van der Waals surface area contributed by atoms with Crippen molar-refractivity contribution in [3.63, 3.8) is 0 Å². The molecule has 0 aliphatic rings. The van der Waals surface area contributed by atoms with Gasteiger partial charge in [-0.2, -0.15) is 15.8 Å². The number of hydrogen-bond acceptors (Lipinski definition) is 5. The molecule has 5 heteroatoms. The Hall–Kier alpha value is -2.97. The molecule has 0 unspecified atom stereocenters. The van der Waals surface area contributed by atoms with Crippen molar-refractivity contribution in [1.29, 1.82) is 15.8 Å². The fraction of sp³-hybridized carbons (Fsp3) is 0.154. The van der Waals surface area contributed by atoms with Crippen molar-refractivity contribution in [2.75, 3.05) is 5.32 Å². The second-order valence-electron chi connectivity index (χ2n) is 3.61. The van der Waals surface area contributed by atoms with Gasteiger partial charge in [-0.05, 0) is 31.0 Å². The van der Waals surface area contributed by atoms with Crippen molar-refractivity contribution < 1.29 is 5.11 Å². The van der Waals surface area contributed by atoms with E-state index in [4.69, 9.17) is 15.8 Å². The van der Waals surface area contributed by atoms with Crippen LogP contribution < -0.4 is 5.32 Å². The van der Waals surface area contributed by atoms with Gasteiger partial charge in [-0.3, -0.25) is 0 Å². The van der Waals surface area contributed by atoms with Crippen LogP contribution in [-0.2, 0) is 0 Å². The summed E-state index contributed by atoms with van der Waals surface area (Å²) < 4.78 is 0. The lowest BCUT2D eigenvalue weighted by molar-refractivity contribution is 0.473. The Bertz CT molecular complexity index is 623. The van der Waals surface area contributed by atoms with Crippen LogP contribution in [0, 0.1) is 47.8 Å². The van der Waals surface area contributed by atoms with Gasteiger partial charge in [0.05, 0.1) is 5.69 Å². The smallest absolute Gasteiger partial charge is 0.163 e. The lowest BCUT2D eigenvalue weighted by Gasteiger charge is -2.10. The van der Waals surface area contributed by atoms with E-state index in [0.29, 0.717) is 5.56 Å². The first-order chi connectivity index (χ1) is 8.54. The molecule has 2 N–H and O–H groups in total. The van der Waals surface area contributed by atoms with Crippen molar-refractivity contribution in [3.8, 4) is 24.0 Å². The first-order valence-corrected chi connectivity index (χ1v) is 5.06. The molecule has 0 saturated heterocycles. The molecule has 0 radical (unpaired) electrons. The van der Waals surface area contributed by atoms with Gasteiger partial charge in [0.2, 0.25) is 0 Å². The Morgan fingerprint density at radius 2 is 1.72 bits per heavy atom. The Morgan fingerprint density at radius 3 is 2.22 bits per heavy atom. The number of hydrogen-bond donors (Lipinski definition) is 2. The molecule has 0 heterocycles. The minimum Gasteiger partial charge on any atom is -0.505 e. The molecule has 1 aromatic rings. The number of benzene rings is 1. The minimum atomic E-state index is -0.324. The van der Waals surface area contributed by atoms with Crippen molar-refractivity contribution in [1.82, 2.24) is 0 Å². The van der Waals surface area contributed by atoms with Crippen LogP contribution in [0.2, 0.25) is 0 Å². The van der Waals surface area contributed by atoms with Gasteiger partial charge >= 0.3 is 0 Å². The lowest BCUT2D eigenvalue weighted by Crippen LogP contribution is -2.01. The molecule has 0 aromatic heterocycles. The van der Waals surface area contributed by atoms with Gasteiger partial charge in [0, 0.05) is 0 Å². The van der Waals surface area contributed by atoms with Crippen LogP contribution in [0.3, 0.4) is 0 Å². The predicted molar refractivity (Wildman–Crippen MR) is 65.1 cm³/mol. The number of rotatable bonds is 2. The molecule has 0 fully saturated rings. The molecule has 0 amide bonds. The lowest BCUT2D eigenvalue weighted by atomic mass is 10.1. The van der Waals surface area contributed by atoms with E-state index in [-0.39, 0.29) is 22.7 Å². The van der Waals surface area contributed by atoms with Crippen LogP contribution in [0.5, 0.6) is 5.75 Å². The summed E-state index contributed by atoms with van der Waals surface area (Å²) in [5.41, 5.74) is 1.36. The number of allylic oxidation sites excluding steroid dienone is 2. The van der Waals surface area contributed by atoms with Crippen LogP contribution in [0.25, 0.3) is 0 Å². The van der Waals surface area contributed by atoms with Gasteiger partial charge in [-0.1, -0.05) is 6.07 Å². The number of phenolic OH excluding ortho intramolecular Hbond substituents is 1. The summed E-state index contributed by atoms with van der Waals surface area (Å²) in [6.07, 6.45) is 0. The molecular formula is C13H10N4O. The normalized spacial score (nSPS) is 8.61. The van der Waals surface area contributed by atoms with Crippen LogP contribution in [0.4, 0.5) is 5.69 Å². The van der Waals surface area contributed by atoms with Crippen LogP contribution in [0.15, 0.2) is 23.4 Å². The van der Waals surface area contributed by atoms with Crippen molar-refractivity contribution in [2.24, 2.45) is 0 Å². The SMILES string of the molecule is Cc1ccc(NC(C#N)=C(C#N)C#N)c(O)c1C. The fourth-order valence-corrected chi connectivity index (χ4v) is 1.32. The van der Waals surface area contributed by atoms with Crippen LogP contribution in [0.1, 0.15) is 11.1 Å². The van der Waals surface area contributed by atoms with Gasteiger partial charge < -0.3 is 10.4 Å². The summed E-state index contributed by atoms with van der Waals surface area (Å²) in [6.45, 7) is 3.58. The average molecular weight is 238 g/mol. The first-order valence-electron chi connectivity index (χ1n) is 5.06. The molecule has 88 valence electrons. The van der Waals surface area contributed by atoms with Crippen LogP contribution >= 0.6 is 0 Å². The molecule has 0 aliphatic carbocycles.